The second-order valence-electron chi connectivity index (χ2n) is 4.09. The lowest BCUT2D eigenvalue weighted by molar-refractivity contribution is -0.133. The number of ether oxygens (including phenoxy) is 2. The number of carbonyl (C=O) groups excluding carboxylic acids is 1. The van der Waals surface area contributed by atoms with Crippen molar-refractivity contribution in [3.8, 4) is 0 Å². The third kappa shape index (κ3) is 1.72. The van der Waals surface area contributed by atoms with Crippen molar-refractivity contribution in [2.24, 2.45) is 5.11 Å². The molecule has 0 spiro atoms. The van der Waals surface area contributed by atoms with Crippen LogP contribution < -0.4 is 5.32 Å². The first-order chi connectivity index (χ1) is 8.28. The van der Waals surface area contributed by atoms with Crippen LogP contribution in [-0.4, -0.2) is 42.1 Å². The minimum absolute atomic E-state index is 0.185. The lowest BCUT2D eigenvalue weighted by atomic mass is 10.1. The van der Waals surface area contributed by atoms with E-state index in [0.29, 0.717) is 13.0 Å². The van der Waals surface area contributed by atoms with Crippen LogP contribution in [0.25, 0.3) is 10.4 Å². The molecule has 17 heavy (non-hydrogen) atoms. The number of hydrogen-bond donors (Lipinski definition) is 1. The Morgan fingerprint density at radius 2 is 2.53 bits per heavy atom. The molecule has 1 unspecified atom stereocenters. The van der Waals surface area contributed by atoms with Crippen molar-refractivity contribution >= 4 is 5.91 Å². The summed E-state index contributed by atoms with van der Waals surface area (Å²) in [6.45, 7) is 0.301. The quantitative estimate of drug-likeness (QED) is 0.395. The predicted molar refractivity (Wildman–Crippen MR) is 55.1 cm³/mol. The molecule has 0 radical (unpaired) electrons. The SMILES string of the molecule is [N-]=[N+]=N[C@H]1C[C@H]2O[C@@H]1COC1NC(=O)C=CN12. The molecule has 2 saturated heterocycles. The van der Waals surface area contributed by atoms with Gasteiger partial charge in [0.15, 0.2) is 0 Å². The summed E-state index contributed by atoms with van der Waals surface area (Å²) >= 11 is 0. The molecular formula is C9H11N5O3. The number of fused-ring (bicyclic) bond motifs is 4. The standard InChI is InChI=1S/C9H11N5O3/c10-13-12-5-3-8-14-2-1-7(15)11-9(14)16-4-6(5)17-8/h1-2,5-6,8-9H,3-4H2,(H,11,15)/t5-,6+,8+,9?/m0/s1. The van der Waals surface area contributed by atoms with E-state index in [1.165, 1.54) is 6.08 Å². The van der Waals surface area contributed by atoms with E-state index in [4.69, 9.17) is 15.0 Å². The van der Waals surface area contributed by atoms with E-state index in [9.17, 15) is 4.79 Å². The molecule has 2 fully saturated rings. The zero-order chi connectivity index (χ0) is 11.8. The first kappa shape index (κ1) is 10.4. The first-order valence-electron chi connectivity index (χ1n) is 5.35. The van der Waals surface area contributed by atoms with Crippen molar-refractivity contribution in [3.63, 3.8) is 0 Å². The van der Waals surface area contributed by atoms with Crippen molar-refractivity contribution in [1.82, 2.24) is 10.2 Å². The van der Waals surface area contributed by atoms with Crippen molar-refractivity contribution in [3.05, 3.63) is 22.7 Å². The Balaban J connectivity index is 1.83. The highest BCUT2D eigenvalue weighted by Gasteiger charge is 2.43. The van der Waals surface area contributed by atoms with E-state index in [1.54, 1.807) is 11.1 Å². The number of amides is 1. The van der Waals surface area contributed by atoms with E-state index >= 15 is 0 Å². The Hall–Kier alpha value is -1.76. The van der Waals surface area contributed by atoms with Crippen LogP contribution in [0.1, 0.15) is 6.42 Å². The Bertz CT molecular complexity index is 419. The van der Waals surface area contributed by atoms with Gasteiger partial charge in [0.25, 0.3) is 0 Å². The number of rotatable bonds is 1. The molecular weight excluding hydrogens is 226 g/mol. The average Bonchev–Trinajstić information content (AvgIpc) is 2.60. The van der Waals surface area contributed by atoms with Crippen LogP contribution in [0.3, 0.4) is 0 Å². The molecule has 3 aliphatic rings. The Labute approximate surface area is 96.8 Å². The molecule has 0 aromatic heterocycles. The van der Waals surface area contributed by atoms with Crippen molar-refractivity contribution in [1.29, 1.82) is 0 Å². The highest BCUT2D eigenvalue weighted by molar-refractivity contribution is 5.88. The fraction of sp³-hybridized carbons (Fsp3) is 0.667. The fourth-order valence-electron chi connectivity index (χ4n) is 2.27. The molecule has 3 heterocycles. The van der Waals surface area contributed by atoms with Gasteiger partial charge in [-0.1, -0.05) is 5.11 Å². The molecule has 2 bridgehead atoms. The Morgan fingerprint density at radius 1 is 1.65 bits per heavy atom. The van der Waals surface area contributed by atoms with Gasteiger partial charge in [-0.2, -0.15) is 0 Å². The van der Waals surface area contributed by atoms with Crippen LogP contribution in [0.4, 0.5) is 0 Å². The van der Waals surface area contributed by atoms with Crippen molar-refractivity contribution < 1.29 is 14.3 Å². The molecule has 8 heteroatoms. The summed E-state index contributed by atoms with van der Waals surface area (Å²) in [5.74, 6) is -0.185. The fourth-order valence-corrected chi connectivity index (χ4v) is 2.27. The predicted octanol–water partition coefficient (Wildman–Crippen LogP) is 0.0396. The lowest BCUT2D eigenvalue weighted by Gasteiger charge is -2.35. The number of hydrogen-bond acceptors (Lipinski definition) is 5. The van der Waals surface area contributed by atoms with Crippen LogP contribution in [0.15, 0.2) is 17.4 Å². The Morgan fingerprint density at radius 3 is 3.35 bits per heavy atom. The molecule has 90 valence electrons. The smallest absolute Gasteiger partial charge is 0.248 e. The van der Waals surface area contributed by atoms with E-state index in [0.717, 1.165) is 0 Å². The summed E-state index contributed by atoms with van der Waals surface area (Å²) in [4.78, 5) is 15.8. The molecule has 3 aliphatic heterocycles. The van der Waals surface area contributed by atoms with Gasteiger partial charge in [0.1, 0.15) is 6.23 Å². The van der Waals surface area contributed by atoms with Gasteiger partial charge in [-0.3, -0.25) is 4.79 Å². The topological polar surface area (TPSA) is 99.6 Å². The maximum absolute atomic E-state index is 11.2. The van der Waals surface area contributed by atoms with E-state index in [2.05, 4.69) is 15.3 Å². The van der Waals surface area contributed by atoms with Gasteiger partial charge >= 0.3 is 0 Å². The summed E-state index contributed by atoms with van der Waals surface area (Å²) in [5.41, 5.74) is 8.46. The lowest BCUT2D eigenvalue weighted by Crippen LogP contribution is -2.53. The third-order valence-electron chi connectivity index (χ3n) is 3.09. The van der Waals surface area contributed by atoms with Crippen LogP contribution in [-0.2, 0) is 14.3 Å². The molecule has 0 aromatic carbocycles. The van der Waals surface area contributed by atoms with Gasteiger partial charge in [-0.25, -0.2) is 0 Å². The van der Waals surface area contributed by atoms with E-state index in [-0.39, 0.29) is 24.3 Å². The molecule has 8 nitrogen and oxygen atoms in total. The van der Waals surface area contributed by atoms with Gasteiger partial charge in [-0.15, -0.1) is 0 Å². The molecule has 4 atom stereocenters. The first-order valence-corrected chi connectivity index (χ1v) is 5.35. The molecule has 0 aromatic rings. The molecule has 3 rings (SSSR count). The monoisotopic (exact) mass is 237 g/mol. The minimum atomic E-state index is -0.491. The van der Waals surface area contributed by atoms with Crippen molar-refractivity contribution in [2.75, 3.05) is 6.61 Å². The van der Waals surface area contributed by atoms with Crippen LogP contribution in [0, 0.1) is 0 Å². The summed E-state index contributed by atoms with van der Waals surface area (Å²) < 4.78 is 11.2. The van der Waals surface area contributed by atoms with Crippen LogP contribution in [0.5, 0.6) is 0 Å². The van der Waals surface area contributed by atoms with Crippen LogP contribution >= 0.6 is 0 Å². The highest BCUT2D eigenvalue weighted by Crippen LogP contribution is 2.31. The summed E-state index contributed by atoms with van der Waals surface area (Å²) in [6, 6.07) is -0.211. The molecule has 1 amide bonds. The minimum Gasteiger partial charge on any atom is -0.352 e. The van der Waals surface area contributed by atoms with Gasteiger partial charge < -0.3 is 19.7 Å². The average molecular weight is 237 g/mol. The highest BCUT2D eigenvalue weighted by atomic mass is 16.6. The maximum atomic E-state index is 11.2. The number of azide groups is 1. The summed E-state index contributed by atoms with van der Waals surface area (Å²) in [5, 5.41) is 6.38. The third-order valence-corrected chi connectivity index (χ3v) is 3.09. The van der Waals surface area contributed by atoms with Gasteiger partial charge in [0.2, 0.25) is 12.3 Å². The molecule has 1 N–H and O–H groups in total. The van der Waals surface area contributed by atoms with Gasteiger partial charge in [0, 0.05) is 23.6 Å². The van der Waals surface area contributed by atoms with Crippen molar-refractivity contribution in [2.45, 2.75) is 31.1 Å². The van der Waals surface area contributed by atoms with Gasteiger partial charge in [-0.05, 0) is 5.53 Å². The molecule has 0 aliphatic carbocycles. The second kappa shape index (κ2) is 3.92. The number of nitrogens with one attached hydrogen (secondary N) is 1. The molecule has 0 saturated carbocycles. The maximum Gasteiger partial charge on any atom is 0.248 e. The number of nitrogens with zero attached hydrogens (tertiary/aromatic N) is 4. The van der Waals surface area contributed by atoms with E-state index in [1.807, 2.05) is 0 Å². The van der Waals surface area contributed by atoms with E-state index < -0.39 is 6.35 Å². The zero-order valence-corrected chi connectivity index (χ0v) is 8.89. The Kier molecular flexibility index (Phi) is 2.40. The second-order valence-corrected chi connectivity index (χ2v) is 4.09. The largest absolute Gasteiger partial charge is 0.352 e. The van der Waals surface area contributed by atoms with Crippen LogP contribution in [0.2, 0.25) is 0 Å². The summed E-state index contributed by atoms with van der Waals surface area (Å²) in [7, 11) is 0. The normalized spacial score (nSPS) is 39.1. The summed E-state index contributed by atoms with van der Waals surface area (Å²) in [6.07, 6.45) is 2.72. The zero-order valence-electron chi connectivity index (χ0n) is 8.89. The van der Waals surface area contributed by atoms with Gasteiger partial charge in [0.05, 0.1) is 18.8 Å². The number of carbonyl (C=O) groups is 1.